The van der Waals surface area contributed by atoms with Gasteiger partial charge in [0, 0.05) is 11.6 Å². The number of halogens is 1. The monoisotopic (exact) mass is 390 g/mol. The van der Waals surface area contributed by atoms with Crippen molar-refractivity contribution in [2.75, 3.05) is 13.1 Å². The fourth-order valence-corrected chi connectivity index (χ4v) is 4.75. The van der Waals surface area contributed by atoms with E-state index in [0.717, 1.165) is 11.1 Å². The van der Waals surface area contributed by atoms with Gasteiger partial charge in [0.1, 0.15) is 11.9 Å². The Labute approximate surface area is 154 Å². The van der Waals surface area contributed by atoms with E-state index in [2.05, 4.69) is 4.98 Å². The minimum Gasteiger partial charge on any atom is -0.464 e. The van der Waals surface area contributed by atoms with Gasteiger partial charge in [0.15, 0.2) is 0 Å². The second-order valence-corrected chi connectivity index (χ2v) is 8.69. The Morgan fingerprint density at radius 1 is 1.04 bits per heavy atom. The van der Waals surface area contributed by atoms with E-state index in [1.165, 1.54) is 27.8 Å². The quantitative estimate of drug-likeness (QED) is 0.670. The molecule has 0 amide bonds. The molecule has 0 N–H and O–H groups in total. The molecule has 5 nitrogen and oxygen atoms in total. The van der Waals surface area contributed by atoms with Crippen LogP contribution in [0.15, 0.2) is 65.0 Å². The second-order valence-electron chi connectivity index (χ2n) is 5.89. The summed E-state index contributed by atoms with van der Waals surface area (Å²) in [7, 11) is -3.54. The first-order chi connectivity index (χ1) is 12.5. The maximum absolute atomic E-state index is 13.0. The van der Waals surface area contributed by atoms with Gasteiger partial charge in [-0.25, -0.2) is 17.8 Å². The lowest BCUT2D eigenvalue weighted by Crippen LogP contribution is -2.55. The number of ether oxygens (including phenoxy) is 1. The summed E-state index contributed by atoms with van der Waals surface area (Å²) in [5.74, 6) is -0.305. The lowest BCUT2D eigenvalue weighted by atomic mass is 10.1. The minimum absolute atomic E-state index is 0.172. The van der Waals surface area contributed by atoms with Crippen LogP contribution in [0.5, 0.6) is 5.19 Å². The molecule has 3 aromatic rings. The summed E-state index contributed by atoms with van der Waals surface area (Å²) in [6.07, 6.45) is 1.48. The summed E-state index contributed by atoms with van der Waals surface area (Å²) in [4.78, 5) is 4.26. The maximum Gasteiger partial charge on any atom is 0.273 e. The van der Waals surface area contributed by atoms with Crippen LogP contribution in [-0.2, 0) is 10.0 Å². The highest BCUT2D eigenvalue weighted by Crippen LogP contribution is 2.27. The van der Waals surface area contributed by atoms with Crippen molar-refractivity contribution < 1.29 is 17.5 Å². The van der Waals surface area contributed by atoms with E-state index < -0.39 is 10.0 Å². The van der Waals surface area contributed by atoms with Crippen molar-refractivity contribution in [3.63, 3.8) is 0 Å². The number of hydrogen-bond donors (Lipinski definition) is 0. The molecule has 1 fully saturated rings. The first-order valence-corrected chi connectivity index (χ1v) is 10.3. The smallest absolute Gasteiger partial charge is 0.273 e. The van der Waals surface area contributed by atoms with Crippen molar-refractivity contribution in [3.05, 3.63) is 65.9 Å². The molecule has 1 saturated heterocycles. The van der Waals surface area contributed by atoms with Crippen molar-refractivity contribution in [1.29, 1.82) is 0 Å². The molecule has 26 heavy (non-hydrogen) atoms. The molecule has 1 aliphatic rings. The van der Waals surface area contributed by atoms with Crippen LogP contribution in [0.3, 0.4) is 0 Å². The average Bonchev–Trinajstić information content (AvgIpc) is 3.11. The number of rotatable bonds is 5. The highest BCUT2D eigenvalue weighted by atomic mass is 32.2. The summed E-state index contributed by atoms with van der Waals surface area (Å²) in [5, 5.41) is 2.36. The topological polar surface area (TPSA) is 59.5 Å². The maximum atomic E-state index is 13.0. The average molecular weight is 390 g/mol. The summed E-state index contributed by atoms with van der Waals surface area (Å²) in [5.41, 5.74) is 1.66. The van der Waals surface area contributed by atoms with Gasteiger partial charge < -0.3 is 4.74 Å². The zero-order valence-electron chi connectivity index (χ0n) is 13.6. The third kappa shape index (κ3) is 3.35. The molecule has 0 atom stereocenters. The summed E-state index contributed by atoms with van der Waals surface area (Å²) >= 11 is 1.38. The first-order valence-electron chi connectivity index (χ1n) is 7.95. The van der Waals surface area contributed by atoms with Gasteiger partial charge in [0.25, 0.3) is 5.19 Å². The van der Waals surface area contributed by atoms with E-state index in [0.29, 0.717) is 18.3 Å². The number of benzene rings is 2. The third-order valence-electron chi connectivity index (χ3n) is 4.16. The highest BCUT2D eigenvalue weighted by molar-refractivity contribution is 7.89. The van der Waals surface area contributed by atoms with Crippen LogP contribution < -0.4 is 4.74 Å². The number of nitrogens with zero attached hydrogens (tertiary/aromatic N) is 2. The molecular formula is C18H15FN2O3S2. The van der Waals surface area contributed by atoms with Gasteiger partial charge in [-0.1, -0.05) is 35.6 Å². The van der Waals surface area contributed by atoms with E-state index >= 15 is 0 Å². The molecule has 2 aromatic carbocycles. The van der Waals surface area contributed by atoms with Gasteiger partial charge in [-0.3, -0.25) is 0 Å². The molecule has 4 rings (SSSR count). The van der Waals surface area contributed by atoms with Crippen LogP contribution in [0.1, 0.15) is 0 Å². The SMILES string of the molecule is O=S(=O)(c1ccc(-c2ccc(F)cc2)cc1)N1CC(Oc2nccs2)C1. The van der Waals surface area contributed by atoms with Crippen molar-refractivity contribution >= 4 is 21.4 Å². The number of sulfonamides is 1. The zero-order valence-corrected chi connectivity index (χ0v) is 15.2. The van der Waals surface area contributed by atoms with Crippen molar-refractivity contribution in [2.24, 2.45) is 0 Å². The van der Waals surface area contributed by atoms with E-state index in [1.54, 1.807) is 42.6 Å². The zero-order chi connectivity index (χ0) is 18.1. The van der Waals surface area contributed by atoms with Gasteiger partial charge in [-0.2, -0.15) is 4.31 Å². The van der Waals surface area contributed by atoms with Gasteiger partial charge in [0.2, 0.25) is 10.0 Å². The van der Waals surface area contributed by atoms with Crippen LogP contribution in [-0.4, -0.2) is 36.9 Å². The molecule has 0 unspecified atom stereocenters. The van der Waals surface area contributed by atoms with Crippen LogP contribution in [0, 0.1) is 5.82 Å². The fourth-order valence-electron chi connectivity index (χ4n) is 2.69. The Balaban J connectivity index is 1.44. The van der Waals surface area contributed by atoms with Crippen molar-refractivity contribution in [3.8, 4) is 16.3 Å². The van der Waals surface area contributed by atoms with E-state index in [1.807, 2.05) is 5.38 Å². The molecule has 1 aliphatic heterocycles. The Morgan fingerprint density at radius 3 is 2.23 bits per heavy atom. The van der Waals surface area contributed by atoms with E-state index in [9.17, 15) is 12.8 Å². The van der Waals surface area contributed by atoms with Gasteiger partial charge in [0.05, 0.1) is 18.0 Å². The number of aromatic nitrogens is 1. The first kappa shape index (κ1) is 17.1. The Kier molecular flexibility index (Phi) is 4.47. The van der Waals surface area contributed by atoms with Crippen molar-refractivity contribution in [2.45, 2.75) is 11.0 Å². The largest absolute Gasteiger partial charge is 0.464 e. The normalized spacial score (nSPS) is 15.6. The molecule has 0 spiro atoms. The summed E-state index contributed by atoms with van der Waals surface area (Å²) < 4.78 is 45.3. The van der Waals surface area contributed by atoms with Crippen LogP contribution in [0.4, 0.5) is 4.39 Å². The van der Waals surface area contributed by atoms with Crippen LogP contribution in [0.2, 0.25) is 0 Å². The molecular weight excluding hydrogens is 375 g/mol. The molecule has 0 aliphatic carbocycles. The summed E-state index contributed by atoms with van der Waals surface area (Å²) in [6, 6.07) is 12.7. The Hall–Kier alpha value is -2.29. The standard InChI is InChI=1S/C18H15FN2O3S2/c19-15-5-1-13(2-6-15)14-3-7-17(8-4-14)26(22,23)21-11-16(12-21)24-18-20-9-10-25-18/h1-10,16H,11-12H2. The highest BCUT2D eigenvalue weighted by Gasteiger charge is 2.38. The Bertz CT molecular complexity index is 982. The summed E-state index contributed by atoms with van der Waals surface area (Å²) in [6.45, 7) is 0.614. The number of hydrogen-bond acceptors (Lipinski definition) is 5. The molecule has 134 valence electrons. The molecule has 0 saturated carbocycles. The van der Waals surface area contributed by atoms with Gasteiger partial charge in [-0.05, 0) is 35.4 Å². The fraction of sp³-hybridized carbons (Fsp3) is 0.167. The van der Waals surface area contributed by atoms with Crippen LogP contribution in [0.25, 0.3) is 11.1 Å². The number of thiazole rings is 1. The third-order valence-corrected chi connectivity index (χ3v) is 6.67. The predicted molar refractivity (Wildman–Crippen MR) is 97.1 cm³/mol. The lowest BCUT2D eigenvalue weighted by molar-refractivity contribution is 0.0759. The van der Waals surface area contributed by atoms with Crippen LogP contribution >= 0.6 is 11.3 Å². The van der Waals surface area contributed by atoms with E-state index in [4.69, 9.17) is 4.74 Å². The second kappa shape index (κ2) is 6.79. The van der Waals surface area contributed by atoms with E-state index in [-0.39, 0.29) is 16.8 Å². The molecule has 0 bridgehead atoms. The minimum atomic E-state index is -3.54. The van der Waals surface area contributed by atoms with Crippen molar-refractivity contribution in [1.82, 2.24) is 9.29 Å². The molecule has 1 aromatic heterocycles. The molecule has 2 heterocycles. The predicted octanol–water partition coefficient (Wildman–Crippen LogP) is 3.40. The van der Waals surface area contributed by atoms with Gasteiger partial charge >= 0.3 is 0 Å². The molecule has 8 heteroatoms. The Morgan fingerprint density at radius 2 is 1.65 bits per heavy atom. The lowest BCUT2D eigenvalue weighted by Gasteiger charge is -2.37. The van der Waals surface area contributed by atoms with Gasteiger partial charge in [-0.15, -0.1) is 0 Å². The molecule has 0 radical (unpaired) electrons.